The maximum Gasteiger partial charge on any atom is 0.234 e. The monoisotopic (exact) mass is 225 g/mol. The summed E-state index contributed by atoms with van der Waals surface area (Å²) in [7, 11) is 0. The summed E-state index contributed by atoms with van der Waals surface area (Å²) in [5.41, 5.74) is 0. The standard InChI is InChI=1S/C9H15N5S/c1-4-10-6(2)5-8-13-14-7(3)11-12-9(14)15-8/h6,10H,4-5H2,1-3H3. The minimum atomic E-state index is 0.458. The van der Waals surface area contributed by atoms with Crippen LogP contribution < -0.4 is 5.32 Å². The van der Waals surface area contributed by atoms with E-state index in [4.69, 9.17) is 0 Å². The number of likely N-dealkylation sites (N-methyl/N-ethyl adjacent to an activating group) is 1. The van der Waals surface area contributed by atoms with Gasteiger partial charge < -0.3 is 5.32 Å². The van der Waals surface area contributed by atoms with Crippen LogP contribution in [0.5, 0.6) is 0 Å². The molecule has 0 bridgehead atoms. The van der Waals surface area contributed by atoms with Crippen LogP contribution in [0.4, 0.5) is 0 Å². The molecule has 2 aromatic heterocycles. The zero-order valence-electron chi connectivity index (χ0n) is 9.19. The van der Waals surface area contributed by atoms with Crippen LogP contribution in [0.2, 0.25) is 0 Å². The third-order valence-electron chi connectivity index (χ3n) is 2.22. The van der Waals surface area contributed by atoms with E-state index >= 15 is 0 Å². The highest BCUT2D eigenvalue weighted by Crippen LogP contribution is 2.14. The van der Waals surface area contributed by atoms with E-state index in [1.807, 2.05) is 6.92 Å². The van der Waals surface area contributed by atoms with Gasteiger partial charge in [0.2, 0.25) is 4.96 Å². The molecule has 1 unspecified atom stereocenters. The van der Waals surface area contributed by atoms with Crippen LogP contribution in [0.1, 0.15) is 24.7 Å². The Hall–Kier alpha value is -1.01. The average molecular weight is 225 g/mol. The fourth-order valence-corrected chi connectivity index (χ4v) is 2.53. The van der Waals surface area contributed by atoms with Crippen molar-refractivity contribution in [2.45, 2.75) is 33.2 Å². The zero-order chi connectivity index (χ0) is 10.8. The van der Waals surface area contributed by atoms with Crippen molar-refractivity contribution in [3.63, 3.8) is 0 Å². The topological polar surface area (TPSA) is 55.1 Å². The molecule has 0 saturated heterocycles. The van der Waals surface area contributed by atoms with E-state index in [0.29, 0.717) is 6.04 Å². The number of aryl methyl sites for hydroxylation is 1. The van der Waals surface area contributed by atoms with Crippen LogP contribution in [0.25, 0.3) is 4.96 Å². The Morgan fingerprint density at radius 3 is 2.93 bits per heavy atom. The van der Waals surface area contributed by atoms with Crippen molar-refractivity contribution in [3.05, 3.63) is 10.8 Å². The van der Waals surface area contributed by atoms with Gasteiger partial charge in [0.05, 0.1) is 0 Å². The maximum absolute atomic E-state index is 4.46. The van der Waals surface area contributed by atoms with Crippen molar-refractivity contribution in [1.82, 2.24) is 25.1 Å². The summed E-state index contributed by atoms with van der Waals surface area (Å²) in [4.78, 5) is 0.881. The highest BCUT2D eigenvalue weighted by molar-refractivity contribution is 7.16. The second-order valence-electron chi connectivity index (χ2n) is 3.60. The van der Waals surface area contributed by atoms with Gasteiger partial charge in [0.1, 0.15) is 5.01 Å². The van der Waals surface area contributed by atoms with Crippen LogP contribution >= 0.6 is 11.3 Å². The Bertz CT molecular complexity index is 446. The van der Waals surface area contributed by atoms with Gasteiger partial charge in [0.15, 0.2) is 5.82 Å². The van der Waals surface area contributed by atoms with E-state index in [2.05, 4.69) is 34.5 Å². The Morgan fingerprint density at radius 2 is 2.27 bits per heavy atom. The molecule has 0 aliphatic carbocycles. The summed E-state index contributed by atoms with van der Waals surface area (Å²) >= 11 is 1.61. The van der Waals surface area contributed by atoms with E-state index in [9.17, 15) is 0 Å². The minimum absolute atomic E-state index is 0.458. The summed E-state index contributed by atoms with van der Waals surface area (Å²) in [5.74, 6) is 0.851. The minimum Gasteiger partial charge on any atom is -0.314 e. The normalized spacial score (nSPS) is 13.5. The van der Waals surface area contributed by atoms with Crippen molar-refractivity contribution in [2.75, 3.05) is 6.54 Å². The molecule has 6 heteroatoms. The quantitative estimate of drug-likeness (QED) is 0.844. The average Bonchev–Trinajstić information content (AvgIpc) is 2.69. The predicted octanol–water partition coefficient (Wildman–Crippen LogP) is 1.03. The molecule has 1 N–H and O–H groups in total. The van der Waals surface area contributed by atoms with Crippen LogP contribution in [-0.4, -0.2) is 32.4 Å². The van der Waals surface area contributed by atoms with Crippen molar-refractivity contribution >= 4 is 16.3 Å². The maximum atomic E-state index is 4.46. The van der Waals surface area contributed by atoms with Gasteiger partial charge in [-0.15, -0.1) is 10.2 Å². The number of hydrogen-bond acceptors (Lipinski definition) is 5. The van der Waals surface area contributed by atoms with Gasteiger partial charge >= 0.3 is 0 Å². The molecule has 0 saturated carbocycles. The van der Waals surface area contributed by atoms with E-state index in [1.165, 1.54) is 0 Å². The zero-order valence-corrected chi connectivity index (χ0v) is 10.0. The molecular formula is C9H15N5S. The highest BCUT2D eigenvalue weighted by Gasteiger charge is 2.10. The van der Waals surface area contributed by atoms with Crippen molar-refractivity contribution in [2.24, 2.45) is 0 Å². The largest absolute Gasteiger partial charge is 0.314 e. The fraction of sp³-hybridized carbons (Fsp3) is 0.667. The van der Waals surface area contributed by atoms with Gasteiger partial charge in [-0.05, 0) is 20.4 Å². The first-order valence-corrected chi connectivity index (χ1v) is 5.93. The molecule has 2 rings (SSSR count). The lowest BCUT2D eigenvalue weighted by Gasteiger charge is -2.08. The highest BCUT2D eigenvalue weighted by atomic mass is 32.1. The Kier molecular flexibility index (Phi) is 2.97. The molecule has 0 spiro atoms. The second-order valence-corrected chi connectivity index (χ2v) is 4.64. The van der Waals surface area contributed by atoms with Crippen LogP contribution in [0.15, 0.2) is 0 Å². The lowest BCUT2D eigenvalue weighted by molar-refractivity contribution is 0.560. The first kappa shape index (κ1) is 10.5. The molecule has 2 heterocycles. The predicted molar refractivity (Wildman–Crippen MR) is 60.2 cm³/mol. The number of rotatable bonds is 4. The van der Waals surface area contributed by atoms with Crippen molar-refractivity contribution in [3.8, 4) is 0 Å². The number of nitrogens with zero attached hydrogens (tertiary/aromatic N) is 4. The van der Waals surface area contributed by atoms with Gasteiger partial charge in [-0.1, -0.05) is 18.3 Å². The first-order valence-electron chi connectivity index (χ1n) is 5.11. The molecule has 0 amide bonds. The van der Waals surface area contributed by atoms with Gasteiger partial charge in [-0.3, -0.25) is 0 Å². The van der Waals surface area contributed by atoms with Crippen LogP contribution in [0.3, 0.4) is 0 Å². The summed E-state index contributed by atoms with van der Waals surface area (Å²) in [6.45, 7) is 7.18. The van der Waals surface area contributed by atoms with E-state index in [0.717, 1.165) is 28.8 Å². The third-order valence-corrected chi connectivity index (χ3v) is 3.14. The molecule has 2 aromatic rings. The number of fused-ring (bicyclic) bond motifs is 1. The van der Waals surface area contributed by atoms with Gasteiger partial charge in [0.25, 0.3) is 0 Å². The molecule has 15 heavy (non-hydrogen) atoms. The van der Waals surface area contributed by atoms with E-state index in [1.54, 1.807) is 15.9 Å². The Balaban J connectivity index is 2.15. The molecule has 0 fully saturated rings. The van der Waals surface area contributed by atoms with Crippen LogP contribution in [0, 0.1) is 6.92 Å². The molecule has 0 aromatic carbocycles. The number of aromatic nitrogens is 4. The lowest BCUT2D eigenvalue weighted by atomic mass is 10.2. The molecule has 0 aliphatic rings. The first-order chi connectivity index (χ1) is 7.20. The van der Waals surface area contributed by atoms with Crippen molar-refractivity contribution in [1.29, 1.82) is 0 Å². The third kappa shape index (κ3) is 2.15. The molecular weight excluding hydrogens is 210 g/mol. The smallest absolute Gasteiger partial charge is 0.234 e. The SMILES string of the molecule is CCNC(C)Cc1nn2c(C)nnc2s1. The van der Waals surface area contributed by atoms with E-state index < -0.39 is 0 Å². The molecule has 1 atom stereocenters. The Labute approximate surface area is 92.5 Å². The summed E-state index contributed by atoms with van der Waals surface area (Å²) < 4.78 is 1.80. The van der Waals surface area contributed by atoms with Gasteiger partial charge in [-0.2, -0.15) is 9.61 Å². The van der Waals surface area contributed by atoms with Crippen LogP contribution in [-0.2, 0) is 6.42 Å². The van der Waals surface area contributed by atoms with E-state index in [-0.39, 0.29) is 0 Å². The Morgan fingerprint density at radius 1 is 1.47 bits per heavy atom. The molecule has 5 nitrogen and oxygen atoms in total. The fourth-order valence-electron chi connectivity index (χ4n) is 1.52. The molecule has 0 radical (unpaired) electrons. The summed E-state index contributed by atoms with van der Waals surface area (Å²) in [6, 6.07) is 0.458. The summed E-state index contributed by atoms with van der Waals surface area (Å²) in [5, 5.41) is 16.9. The van der Waals surface area contributed by atoms with Crippen molar-refractivity contribution < 1.29 is 0 Å². The number of nitrogens with one attached hydrogen (secondary N) is 1. The molecule has 82 valence electrons. The lowest BCUT2D eigenvalue weighted by Crippen LogP contribution is -2.27. The number of hydrogen-bond donors (Lipinski definition) is 1. The van der Waals surface area contributed by atoms with Gasteiger partial charge in [0, 0.05) is 12.5 Å². The van der Waals surface area contributed by atoms with Gasteiger partial charge in [-0.25, -0.2) is 0 Å². The second kappa shape index (κ2) is 4.24. The summed E-state index contributed by atoms with van der Waals surface area (Å²) in [6.07, 6.45) is 0.946. The molecule has 0 aliphatic heterocycles.